The van der Waals surface area contributed by atoms with Gasteiger partial charge in [0, 0.05) is 5.69 Å². The summed E-state index contributed by atoms with van der Waals surface area (Å²) in [6.07, 6.45) is 5.62. The first-order valence-electron chi connectivity index (χ1n) is 4.19. The van der Waals surface area contributed by atoms with Crippen molar-refractivity contribution in [2.75, 3.05) is 12.3 Å². The van der Waals surface area contributed by atoms with Crippen LogP contribution >= 0.6 is 0 Å². The molecule has 0 saturated heterocycles. The van der Waals surface area contributed by atoms with Gasteiger partial charge in [-0.15, -0.1) is 0 Å². The SMILES string of the molecule is Nc1cccc(C2=CC=COC2)c1. The summed E-state index contributed by atoms with van der Waals surface area (Å²) in [5.74, 6) is 0. The Hall–Kier alpha value is -1.70. The first kappa shape index (κ1) is 7.92. The van der Waals surface area contributed by atoms with Crippen LogP contribution in [-0.2, 0) is 4.74 Å². The highest BCUT2D eigenvalue weighted by atomic mass is 16.5. The maximum absolute atomic E-state index is 5.68. The van der Waals surface area contributed by atoms with Crippen LogP contribution in [0.1, 0.15) is 5.56 Å². The Morgan fingerprint density at radius 3 is 2.92 bits per heavy atom. The van der Waals surface area contributed by atoms with Gasteiger partial charge in [-0.05, 0) is 29.3 Å². The van der Waals surface area contributed by atoms with Crippen molar-refractivity contribution in [2.45, 2.75) is 0 Å². The molecule has 0 bridgehead atoms. The van der Waals surface area contributed by atoms with Gasteiger partial charge < -0.3 is 10.5 Å². The fraction of sp³-hybridized carbons (Fsp3) is 0.0909. The summed E-state index contributed by atoms with van der Waals surface area (Å²) in [5.41, 5.74) is 8.76. The quantitative estimate of drug-likeness (QED) is 0.661. The number of rotatable bonds is 1. The fourth-order valence-corrected chi connectivity index (χ4v) is 1.31. The molecule has 0 aromatic heterocycles. The molecular formula is C11H11NO. The normalized spacial score (nSPS) is 14.9. The molecule has 1 heterocycles. The smallest absolute Gasteiger partial charge is 0.113 e. The predicted molar refractivity (Wildman–Crippen MR) is 53.9 cm³/mol. The first-order valence-corrected chi connectivity index (χ1v) is 4.19. The molecule has 2 rings (SSSR count). The third-order valence-electron chi connectivity index (χ3n) is 1.97. The Morgan fingerprint density at radius 2 is 2.23 bits per heavy atom. The van der Waals surface area contributed by atoms with Crippen molar-refractivity contribution in [3.8, 4) is 0 Å². The van der Waals surface area contributed by atoms with Crippen LogP contribution in [0.2, 0.25) is 0 Å². The molecule has 1 aromatic rings. The van der Waals surface area contributed by atoms with E-state index >= 15 is 0 Å². The molecule has 2 heteroatoms. The van der Waals surface area contributed by atoms with Crippen molar-refractivity contribution in [3.63, 3.8) is 0 Å². The molecule has 0 saturated carbocycles. The number of anilines is 1. The summed E-state index contributed by atoms with van der Waals surface area (Å²) >= 11 is 0. The minimum atomic E-state index is 0.625. The number of nitrogen functional groups attached to an aromatic ring is 1. The van der Waals surface area contributed by atoms with Crippen LogP contribution in [0.25, 0.3) is 5.57 Å². The summed E-state index contributed by atoms with van der Waals surface area (Å²) in [7, 11) is 0. The Labute approximate surface area is 77.3 Å². The number of allylic oxidation sites excluding steroid dienone is 2. The molecule has 1 aromatic carbocycles. The Kier molecular flexibility index (Phi) is 2.04. The van der Waals surface area contributed by atoms with Gasteiger partial charge in [-0.1, -0.05) is 18.2 Å². The van der Waals surface area contributed by atoms with Gasteiger partial charge in [0.2, 0.25) is 0 Å². The minimum absolute atomic E-state index is 0.625. The zero-order valence-corrected chi connectivity index (χ0v) is 7.23. The Morgan fingerprint density at radius 1 is 1.31 bits per heavy atom. The lowest BCUT2D eigenvalue weighted by molar-refractivity contribution is 0.293. The van der Waals surface area contributed by atoms with Gasteiger partial charge in [0.25, 0.3) is 0 Å². The van der Waals surface area contributed by atoms with Crippen molar-refractivity contribution in [2.24, 2.45) is 0 Å². The predicted octanol–water partition coefficient (Wildman–Crippen LogP) is 2.20. The summed E-state index contributed by atoms with van der Waals surface area (Å²) in [6.45, 7) is 0.625. The van der Waals surface area contributed by atoms with E-state index in [9.17, 15) is 0 Å². The largest absolute Gasteiger partial charge is 0.496 e. The number of nitrogens with two attached hydrogens (primary N) is 1. The molecule has 2 nitrogen and oxygen atoms in total. The van der Waals surface area contributed by atoms with Crippen molar-refractivity contribution >= 4 is 11.3 Å². The zero-order valence-electron chi connectivity index (χ0n) is 7.23. The third kappa shape index (κ3) is 1.72. The first-order chi connectivity index (χ1) is 6.36. The van der Waals surface area contributed by atoms with E-state index in [-0.39, 0.29) is 0 Å². The van der Waals surface area contributed by atoms with E-state index in [0.29, 0.717) is 6.61 Å². The summed E-state index contributed by atoms with van der Waals surface area (Å²) in [4.78, 5) is 0. The molecule has 0 radical (unpaired) electrons. The van der Waals surface area contributed by atoms with Crippen LogP contribution in [0.3, 0.4) is 0 Å². The van der Waals surface area contributed by atoms with Crippen LogP contribution < -0.4 is 5.73 Å². The van der Waals surface area contributed by atoms with E-state index < -0.39 is 0 Å². The monoisotopic (exact) mass is 173 g/mol. The maximum Gasteiger partial charge on any atom is 0.113 e. The highest BCUT2D eigenvalue weighted by molar-refractivity contribution is 5.70. The second-order valence-corrected chi connectivity index (χ2v) is 2.96. The molecule has 0 unspecified atom stereocenters. The third-order valence-corrected chi connectivity index (χ3v) is 1.97. The van der Waals surface area contributed by atoms with E-state index in [1.54, 1.807) is 6.26 Å². The molecule has 13 heavy (non-hydrogen) atoms. The second-order valence-electron chi connectivity index (χ2n) is 2.96. The Bertz CT molecular complexity index is 366. The lowest BCUT2D eigenvalue weighted by atomic mass is 10.1. The van der Waals surface area contributed by atoms with Crippen LogP contribution in [0.15, 0.2) is 42.7 Å². The molecule has 0 spiro atoms. The van der Waals surface area contributed by atoms with Crippen LogP contribution in [0, 0.1) is 0 Å². The van der Waals surface area contributed by atoms with Crippen LogP contribution in [0.4, 0.5) is 5.69 Å². The lowest BCUT2D eigenvalue weighted by Crippen LogP contribution is -1.97. The maximum atomic E-state index is 5.68. The van der Waals surface area contributed by atoms with Crippen molar-refractivity contribution in [1.82, 2.24) is 0 Å². The van der Waals surface area contributed by atoms with E-state index in [2.05, 4.69) is 0 Å². The Balaban J connectivity index is 2.34. The lowest BCUT2D eigenvalue weighted by Gasteiger charge is -2.10. The van der Waals surface area contributed by atoms with Gasteiger partial charge in [0.15, 0.2) is 0 Å². The van der Waals surface area contributed by atoms with Gasteiger partial charge in [0.05, 0.1) is 6.26 Å². The van der Waals surface area contributed by atoms with E-state index in [1.807, 2.05) is 36.4 Å². The highest BCUT2D eigenvalue weighted by Crippen LogP contribution is 2.19. The summed E-state index contributed by atoms with van der Waals surface area (Å²) < 4.78 is 5.19. The topological polar surface area (TPSA) is 35.2 Å². The van der Waals surface area contributed by atoms with E-state index in [0.717, 1.165) is 16.8 Å². The number of ether oxygens (including phenoxy) is 1. The number of hydrogen-bond donors (Lipinski definition) is 1. The second kappa shape index (κ2) is 3.35. The molecule has 0 aliphatic carbocycles. The standard InChI is InChI=1S/C11H11NO/c12-11-5-1-3-9(7-11)10-4-2-6-13-8-10/h1-7H,8,12H2. The van der Waals surface area contributed by atoms with Gasteiger partial charge in [0.1, 0.15) is 6.61 Å². The molecule has 0 amide bonds. The number of hydrogen-bond acceptors (Lipinski definition) is 2. The van der Waals surface area contributed by atoms with Gasteiger partial charge in [-0.2, -0.15) is 0 Å². The van der Waals surface area contributed by atoms with Gasteiger partial charge >= 0.3 is 0 Å². The zero-order chi connectivity index (χ0) is 9.10. The molecule has 2 N–H and O–H groups in total. The van der Waals surface area contributed by atoms with Gasteiger partial charge in [-0.25, -0.2) is 0 Å². The molecule has 0 fully saturated rings. The van der Waals surface area contributed by atoms with Crippen LogP contribution in [0.5, 0.6) is 0 Å². The van der Waals surface area contributed by atoms with Crippen molar-refractivity contribution < 1.29 is 4.74 Å². The van der Waals surface area contributed by atoms with E-state index in [4.69, 9.17) is 10.5 Å². The minimum Gasteiger partial charge on any atom is -0.496 e. The molecule has 1 aliphatic heterocycles. The molecule has 0 atom stereocenters. The molecule has 66 valence electrons. The van der Waals surface area contributed by atoms with Crippen molar-refractivity contribution in [3.05, 3.63) is 48.2 Å². The van der Waals surface area contributed by atoms with Crippen molar-refractivity contribution in [1.29, 1.82) is 0 Å². The summed E-state index contributed by atoms with van der Waals surface area (Å²) in [6, 6.07) is 7.81. The highest BCUT2D eigenvalue weighted by Gasteiger charge is 2.03. The number of benzene rings is 1. The van der Waals surface area contributed by atoms with Crippen LogP contribution in [-0.4, -0.2) is 6.61 Å². The average molecular weight is 173 g/mol. The average Bonchev–Trinajstić information content (AvgIpc) is 2.19. The molecular weight excluding hydrogens is 162 g/mol. The van der Waals surface area contributed by atoms with Gasteiger partial charge in [-0.3, -0.25) is 0 Å². The van der Waals surface area contributed by atoms with E-state index in [1.165, 1.54) is 0 Å². The molecule has 1 aliphatic rings. The summed E-state index contributed by atoms with van der Waals surface area (Å²) in [5, 5.41) is 0. The fourth-order valence-electron chi connectivity index (χ4n) is 1.31.